The Kier molecular flexibility index (Phi) is 28.2. The van der Waals surface area contributed by atoms with Gasteiger partial charge in [0.2, 0.25) is 5.91 Å². The molecule has 0 radical (unpaired) electrons. The van der Waals surface area contributed by atoms with Gasteiger partial charge in [0, 0.05) is 0 Å². The highest BCUT2D eigenvalue weighted by atomic mass is 16.7. The van der Waals surface area contributed by atoms with E-state index in [-0.39, 0.29) is 37.8 Å². The average Bonchev–Trinajstić information content (AvgIpc) is 3.11. The van der Waals surface area contributed by atoms with Crippen LogP contribution in [0.2, 0.25) is 0 Å². The van der Waals surface area contributed by atoms with Crippen LogP contribution >= 0.6 is 0 Å². The largest absolute Gasteiger partial charge is 0.462 e. The maximum atomic E-state index is 13.5. The van der Waals surface area contributed by atoms with Crippen LogP contribution in [-0.4, -0.2) is 99.9 Å². The van der Waals surface area contributed by atoms with Crippen LogP contribution in [0.15, 0.2) is 0 Å². The first kappa shape index (κ1) is 50.2. The van der Waals surface area contributed by atoms with E-state index in [2.05, 4.69) is 26.1 Å². The second kappa shape index (κ2) is 30.3. The van der Waals surface area contributed by atoms with Crippen molar-refractivity contribution in [2.24, 2.45) is 5.92 Å². The normalized spacial score (nSPS) is 22.4. The Bertz CT molecular complexity index is 982. The number of aliphatic hydroxyl groups is 4. The fourth-order valence-corrected chi connectivity index (χ4v) is 6.95. The van der Waals surface area contributed by atoms with Crippen LogP contribution in [0.3, 0.4) is 0 Å². The number of hydrogen-bond donors (Lipinski definition) is 5. The quantitative estimate of drug-likeness (QED) is 0.0359. The third kappa shape index (κ3) is 22.7. The maximum Gasteiger partial charge on any atom is 0.309 e. The fourth-order valence-electron chi connectivity index (χ4n) is 6.95. The van der Waals surface area contributed by atoms with Crippen molar-refractivity contribution >= 4 is 17.8 Å². The minimum atomic E-state index is -1.49. The lowest BCUT2D eigenvalue weighted by Gasteiger charge is -2.40. The van der Waals surface area contributed by atoms with Crippen LogP contribution in [0.25, 0.3) is 0 Å². The van der Waals surface area contributed by atoms with Gasteiger partial charge in [-0.15, -0.1) is 0 Å². The molecule has 0 bridgehead atoms. The fraction of sp³-hybridized carbons (Fsp3) is 0.929. The molecule has 0 aromatic carbocycles. The van der Waals surface area contributed by atoms with Crippen molar-refractivity contribution in [2.75, 3.05) is 6.61 Å². The van der Waals surface area contributed by atoms with E-state index in [0.717, 1.165) is 96.3 Å². The van der Waals surface area contributed by atoms with E-state index in [1.807, 2.05) is 13.8 Å². The first-order chi connectivity index (χ1) is 25.8. The average molecular weight is 774 g/mol. The molecule has 1 saturated heterocycles. The van der Waals surface area contributed by atoms with Crippen LogP contribution in [0.4, 0.5) is 0 Å². The summed E-state index contributed by atoms with van der Waals surface area (Å²) < 4.78 is 23.6. The van der Waals surface area contributed by atoms with Gasteiger partial charge < -0.3 is 44.7 Å². The minimum absolute atomic E-state index is 0.00765. The van der Waals surface area contributed by atoms with Crippen molar-refractivity contribution in [3.05, 3.63) is 0 Å². The standard InChI is InChI=1S/C42H79NO11/c1-7-10-13-16-19-22-33(26-36(45)43-32(29-44)25-30(4)5)52-37(46)27-34(23-20-17-14-11-8-2)53-38(47)28-35(24-21-18-15-12-9-3)54-42-41(50)40(49)39(48)31(6)51-42/h30-35,39-42,44,48-50H,7-29H2,1-6H3,(H,43,45)/t31-,32-,33+,34+,35+,39-,40+,41+,42-/m0/s1. The van der Waals surface area contributed by atoms with E-state index >= 15 is 0 Å². The molecule has 0 spiro atoms. The Hall–Kier alpha value is -1.83. The summed E-state index contributed by atoms with van der Waals surface area (Å²) in [6, 6.07) is -0.368. The summed E-state index contributed by atoms with van der Waals surface area (Å²) in [4.78, 5) is 40.0. The number of aliphatic hydroxyl groups excluding tert-OH is 4. The number of rotatable bonds is 32. The number of carbonyl (C=O) groups is 3. The van der Waals surface area contributed by atoms with E-state index < -0.39 is 61.0 Å². The lowest BCUT2D eigenvalue weighted by atomic mass is 9.99. The molecule has 1 aliphatic heterocycles. The summed E-state index contributed by atoms with van der Waals surface area (Å²) in [5.41, 5.74) is 0. The van der Waals surface area contributed by atoms with Crippen LogP contribution in [-0.2, 0) is 33.3 Å². The van der Waals surface area contributed by atoms with Crippen molar-refractivity contribution < 1.29 is 53.8 Å². The Labute approximate surface area is 326 Å². The first-order valence-electron chi connectivity index (χ1n) is 21.5. The lowest BCUT2D eigenvalue weighted by molar-refractivity contribution is -0.304. The van der Waals surface area contributed by atoms with Gasteiger partial charge in [0.1, 0.15) is 30.5 Å². The Morgan fingerprint density at radius 3 is 1.54 bits per heavy atom. The lowest BCUT2D eigenvalue weighted by Crippen LogP contribution is -2.58. The maximum absolute atomic E-state index is 13.5. The van der Waals surface area contributed by atoms with Gasteiger partial charge in [0.15, 0.2) is 6.29 Å². The van der Waals surface area contributed by atoms with Crippen molar-refractivity contribution in [1.82, 2.24) is 5.32 Å². The number of unbranched alkanes of at least 4 members (excludes halogenated alkanes) is 12. The second-order valence-corrected chi connectivity index (χ2v) is 16.0. The molecule has 0 aliphatic carbocycles. The van der Waals surface area contributed by atoms with Gasteiger partial charge in [-0.2, -0.15) is 0 Å². The predicted octanol–water partition coefficient (Wildman–Crippen LogP) is 6.80. The number of amides is 1. The van der Waals surface area contributed by atoms with Gasteiger partial charge in [0.05, 0.1) is 44.1 Å². The zero-order valence-corrected chi connectivity index (χ0v) is 34.7. The first-order valence-corrected chi connectivity index (χ1v) is 21.5. The predicted molar refractivity (Wildman–Crippen MR) is 209 cm³/mol. The van der Waals surface area contributed by atoms with E-state index in [0.29, 0.717) is 31.6 Å². The zero-order valence-electron chi connectivity index (χ0n) is 34.7. The van der Waals surface area contributed by atoms with Crippen LogP contribution in [0, 0.1) is 5.92 Å². The molecule has 1 fully saturated rings. The molecule has 0 saturated carbocycles. The van der Waals surface area contributed by atoms with E-state index in [1.165, 1.54) is 0 Å². The van der Waals surface area contributed by atoms with Crippen LogP contribution in [0.1, 0.15) is 183 Å². The molecule has 0 unspecified atom stereocenters. The van der Waals surface area contributed by atoms with Crippen molar-refractivity contribution in [3.63, 3.8) is 0 Å². The molecule has 1 aliphatic rings. The van der Waals surface area contributed by atoms with Gasteiger partial charge in [0.25, 0.3) is 0 Å². The molecule has 1 amide bonds. The molecule has 1 rings (SSSR count). The molecular formula is C42H79NO11. The van der Waals surface area contributed by atoms with Crippen molar-refractivity contribution in [2.45, 2.75) is 238 Å². The van der Waals surface area contributed by atoms with E-state index in [1.54, 1.807) is 6.92 Å². The van der Waals surface area contributed by atoms with Gasteiger partial charge in [-0.1, -0.05) is 118 Å². The number of hydrogen-bond acceptors (Lipinski definition) is 11. The van der Waals surface area contributed by atoms with Gasteiger partial charge in [-0.3, -0.25) is 14.4 Å². The third-order valence-electron chi connectivity index (χ3n) is 10.2. The SMILES string of the molecule is CCCCCCC[C@H](CC(=O)N[C@H](CO)CC(C)C)OC(=O)C[C@@H](CCCCCCC)OC(=O)C[C@@H](CCCCCCC)O[C@@H]1O[C@@H](C)[C@H](O)[C@@H](O)[C@H]1O. The summed E-state index contributed by atoms with van der Waals surface area (Å²) in [6.07, 6.45) is 8.52. The molecular weight excluding hydrogens is 694 g/mol. The number of carbonyl (C=O) groups excluding carboxylic acids is 3. The molecule has 54 heavy (non-hydrogen) atoms. The monoisotopic (exact) mass is 774 g/mol. The smallest absolute Gasteiger partial charge is 0.309 e. The van der Waals surface area contributed by atoms with Crippen LogP contribution < -0.4 is 5.32 Å². The molecule has 12 heteroatoms. The summed E-state index contributed by atoms with van der Waals surface area (Å²) in [5.74, 6) is -1.06. The molecule has 318 valence electrons. The number of nitrogens with one attached hydrogen (secondary N) is 1. The molecule has 0 aromatic heterocycles. The molecule has 9 atom stereocenters. The Balaban J connectivity index is 3.04. The summed E-state index contributed by atoms with van der Waals surface area (Å²) in [7, 11) is 0. The summed E-state index contributed by atoms with van der Waals surface area (Å²) in [5, 5.41) is 43.8. The minimum Gasteiger partial charge on any atom is -0.462 e. The van der Waals surface area contributed by atoms with Crippen molar-refractivity contribution in [1.29, 1.82) is 0 Å². The van der Waals surface area contributed by atoms with Gasteiger partial charge in [-0.25, -0.2) is 0 Å². The topological polar surface area (TPSA) is 181 Å². The summed E-state index contributed by atoms with van der Waals surface area (Å²) >= 11 is 0. The Morgan fingerprint density at radius 1 is 0.630 bits per heavy atom. The molecule has 12 nitrogen and oxygen atoms in total. The highest BCUT2D eigenvalue weighted by Gasteiger charge is 2.43. The third-order valence-corrected chi connectivity index (χ3v) is 10.2. The van der Waals surface area contributed by atoms with E-state index in [9.17, 15) is 34.8 Å². The van der Waals surface area contributed by atoms with Gasteiger partial charge >= 0.3 is 11.9 Å². The number of ether oxygens (including phenoxy) is 4. The molecule has 1 heterocycles. The second-order valence-electron chi connectivity index (χ2n) is 16.0. The Morgan fingerprint density at radius 2 is 1.07 bits per heavy atom. The van der Waals surface area contributed by atoms with E-state index in [4.69, 9.17) is 18.9 Å². The zero-order chi connectivity index (χ0) is 40.3. The van der Waals surface area contributed by atoms with Gasteiger partial charge in [-0.05, 0) is 51.4 Å². The van der Waals surface area contributed by atoms with Crippen LogP contribution in [0.5, 0.6) is 0 Å². The van der Waals surface area contributed by atoms with Crippen molar-refractivity contribution in [3.8, 4) is 0 Å². The highest BCUT2D eigenvalue weighted by Crippen LogP contribution is 2.26. The molecule has 0 aromatic rings. The number of esters is 2. The molecule has 5 N–H and O–H groups in total. The highest BCUT2D eigenvalue weighted by molar-refractivity contribution is 5.78. The summed E-state index contributed by atoms with van der Waals surface area (Å²) in [6.45, 7) is 11.9.